The maximum Gasteiger partial charge on any atom is 0.167 e. The number of Topliss-reactive ketones (excluding diaryl/α,β-unsaturated/α-hetero) is 1. The van der Waals surface area contributed by atoms with Crippen molar-refractivity contribution in [2.75, 3.05) is 13.7 Å². The third-order valence-electron chi connectivity index (χ3n) is 2.53. The number of ketones is 1. The van der Waals surface area contributed by atoms with Gasteiger partial charge < -0.3 is 14.2 Å². The molecule has 0 saturated carbocycles. The highest BCUT2D eigenvalue weighted by molar-refractivity contribution is 5.76. The van der Waals surface area contributed by atoms with Crippen molar-refractivity contribution < 1.29 is 19.0 Å². The van der Waals surface area contributed by atoms with Crippen molar-refractivity contribution in [3.05, 3.63) is 36.6 Å². The second-order valence-corrected chi connectivity index (χ2v) is 4.15. The molecule has 0 aromatic heterocycles. The maximum absolute atomic E-state index is 10.9. The number of methoxy groups -OCH3 is 1. The van der Waals surface area contributed by atoms with E-state index < -0.39 is 0 Å². The highest BCUT2D eigenvalue weighted by Crippen LogP contribution is 2.21. The molecule has 0 spiro atoms. The molecule has 1 rings (SSSR count). The molecule has 4 nitrogen and oxygen atoms in total. The molecule has 0 radical (unpaired) electrons. The zero-order valence-corrected chi connectivity index (χ0v) is 11.6. The van der Waals surface area contributed by atoms with Crippen LogP contribution in [0.5, 0.6) is 11.5 Å². The number of rotatable bonds is 8. The van der Waals surface area contributed by atoms with Gasteiger partial charge in [0.15, 0.2) is 11.9 Å². The zero-order valence-electron chi connectivity index (χ0n) is 11.6. The van der Waals surface area contributed by atoms with Gasteiger partial charge >= 0.3 is 0 Å². The topological polar surface area (TPSA) is 44.8 Å². The van der Waals surface area contributed by atoms with Gasteiger partial charge in [0, 0.05) is 0 Å². The van der Waals surface area contributed by atoms with E-state index in [-0.39, 0.29) is 18.5 Å². The van der Waals surface area contributed by atoms with E-state index in [4.69, 9.17) is 14.2 Å². The minimum absolute atomic E-state index is 0.0291. The van der Waals surface area contributed by atoms with E-state index in [0.717, 1.165) is 5.75 Å². The fourth-order valence-electron chi connectivity index (χ4n) is 1.48. The van der Waals surface area contributed by atoms with E-state index in [1.54, 1.807) is 7.11 Å². The highest BCUT2D eigenvalue weighted by atomic mass is 16.5. The van der Waals surface area contributed by atoms with E-state index in [1.807, 2.05) is 31.2 Å². The monoisotopic (exact) mass is 264 g/mol. The Bertz CT molecular complexity index is 422. The predicted octanol–water partition coefficient (Wildman–Crippen LogP) is 2.97. The van der Waals surface area contributed by atoms with Crippen LogP contribution >= 0.6 is 0 Å². The molecule has 104 valence electrons. The smallest absolute Gasteiger partial charge is 0.167 e. The summed E-state index contributed by atoms with van der Waals surface area (Å²) in [5.74, 6) is 1.90. The summed E-state index contributed by atoms with van der Waals surface area (Å²) in [5, 5.41) is 0. The average molecular weight is 264 g/mol. The Labute approximate surface area is 114 Å². The molecule has 1 atom stereocenters. The lowest BCUT2D eigenvalue weighted by Gasteiger charge is -2.20. The molecule has 0 bridgehead atoms. The van der Waals surface area contributed by atoms with Crippen LogP contribution in [0.3, 0.4) is 0 Å². The first kappa shape index (κ1) is 15.1. The Morgan fingerprint density at radius 3 is 2.32 bits per heavy atom. The summed E-state index contributed by atoms with van der Waals surface area (Å²) in [4.78, 5) is 10.9. The number of carbonyl (C=O) groups excluding carboxylic acids is 1. The third kappa shape index (κ3) is 5.04. The second kappa shape index (κ2) is 7.46. The van der Waals surface area contributed by atoms with Crippen molar-refractivity contribution in [2.45, 2.75) is 26.4 Å². The first-order valence-electron chi connectivity index (χ1n) is 6.18. The molecular formula is C15H20O4. The summed E-state index contributed by atoms with van der Waals surface area (Å²) in [6, 6.07) is 7.28. The second-order valence-electron chi connectivity index (χ2n) is 4.15. The standard InChI is InChI=1S/C15H20O4/c1-5-15(12(3)18-10-11(2)16)19-14-8-6-13(17-4)7-9-14/h6-9,15H,3,5,10H2,1-2,4H3/t15-/m1/s1. The molecule has 0 amide bonds. The fraction of sp³-hybridized carbons (Fsp3) is 0.400. The number of ether oxygens (including phenoxy) is 3. The third-order valence-corrected chi connectivity index (χ3v) is 2.53. The summed E-state index contributed by atoms with van der Waals surface area (Å²) in [7, 11) is 1.61. The molecule has 19 heavy (non-hydrogen) atoms. The highest BCUT2D eigenvalue weighted by Gasteiger charge is 2.14. The number of benzene rings is 1. The van der Waals surface area contributed by atoms with Gasteiger partial charge in [-0.25, -0.2) is 0 Å². The Balaban J connectivity index is 2.59. The van der Waals surface area contributed by atoms with Gasteiger partial charge in [-0.05, 0) is 37.6 Å². The molecule has 4 heteroatoms. The summed E-state index contributed by atoms with van der Waals surface area (Å²) in [6.45, 7) is 7.27. The molecule has 0 aliphatic rings. The minimum Gasteiger partial charge on any atom is -0.497 e. The number of hydrogen-bond donors (Lipinski definition) is 0. The first-order valence-corrected chi connectivity index (χ1v) is 6.18. The van der Waals surface area contributed by atoms with Gasteiger partial charge in [0.2, 0.25) is 0 Å². The lowest BCUT2D eigenvalue weighted by molar-refractivity contribution is -0.120. The molecule has 0 N–H and O–H groups in total. The predicted molar refractivity (Wildman–Crippen MR) is 73.5 cm³/mol. The Morgan fingerprint density at radius 2 is 1.84 bits per heavy atom. The Morgan fingerprint density at radius 1 is 1.26 bits per heavy atom. The lowest BCUT2D eigenvalue weighted by Crippen LogP contribution is -2.21. The van der Waals surface area contributed by atoms with Crippen LogP contribution < -0.4 is 9.47 Å². The molecular weight excluding hydrogens is 244 g/mol. The average Bonchev–Trinajstić information content (AvgIpc) is 2.42. The van der Waals surface area contributed by atoms with Gasteiger partial charge in [-0.3, -0.25) is 4.79 Å². The molecule has 0 fully saturated rings. The summed E-state index contributed by atoms with van der Waals surface area (Å²) >= 11 is 0. The van der Waals surface area contributed by atoms with Crippen LogP contribution in [-0.2, 0) is 9.53 Å². The zero-order chi connectivity index (χ0) is 14.3. The van der Waals surface area contributed by atoms with Crippen LogP contribution in [0.2, 0.25) is 0 Å². The normalized spacial score (nSPS) is 11.5. The SMILES string of the molecule is C=C(OCC(C)=O)[C@@H](CC)Oc1ccc(OC)cc1. The number of carbonyl (C=O) groups is 1. The number of hydrogen-bond acceptors (Lipinski definition) is 4. The van der Waals surface area contributed by atoms with Crippen LogP contribution in [0, 0.1) is 0 Å². The van der Waals surface area contributed by atoms with Crippen molar-refractivity contribution in [1.29, 1.82) is 0 Å². The maximum atomic E-state index is 10.9. The van der Waals surface area contributed by atoms with E-state index in [2.05, 4.69) is 6.58 Å². The Kier molecular flexibility index (Phi) is 5.93. The summed E-state index contributed by atoms with van der Waals surface area (Å²) in [6.07, 6.45) is 0.440. The molecule has 0 aliphatic heterocycles. The van der Waals surface area contributed by atoms with Gasteiger partial charge in [0.1, 0.15) is 23.9 Å². The van der Waals surface area contributed by atoms with Crippen molar-refractivity contribution in [3.63, 3.8) is 0 Å². The molecule has 0 unspecified atom stereocenters. The van der Waals surface area contributed by atoms with Gasteiger partial charge in [0.25, 0.3) is 0 Å². The lowest BCUT2D eigenvalue weighted by atomic mass is 10.2. The van der Waals surface area contributed by atoms with Crippen LogP contribution in [0.1, 0.15) is 20.3 Å². The largest absolute Gasteiger partial charge is 0.497 e. The van der Waals surface area contributed by atoms with E-state index >= 15 is 0 Å². The quantitative estimate of drug-likeness (QED) is 0.677. The summed E-state index contributed by atoms with van der Waals surface area (Å²) in [5.41, 5.74) is 0. The molecule has 1 aromatic rings. The van der Waals surface area contributed by atoms with Gasteiger partial charge in [-0.1, -0.05) is 13.5 Å². The molecule has 0 heterocycles. The van der Waals surface area contributed by atoms with Crippen molar-refractivity contribution in [2.24, 2.45) is 0 Å². The summed E-state index contributed by atoms with van der Waals surface area (Å²) < 4.78 is 16.1. The van der Waals surface area contributed by atoms with Crippen molar-refractivity contribution >= 4 is 5.78 Å². The van der Waals surface area contributed by atoms with Crippen molar-refractivity contribution in [1.82, 2.24) is 0 Å². The van der Waals surface area contributed by atoms with E-state index in [1.165, 1.54) is 6.92 Å². The van der Waals surface area contributed by atoms with Crippen LogP contribution in [0.15, 0.2) is 36.6 Å². The van der Waals surface area contributed by atoms with Gasteiger partial charge in [-0.2, -0.15) is 0 Å². The van der Waals surface area contributed by atoms with Crippen LogP contribution in [0.4, 0.5) is 0 Å². The molecule has 1 aromatic carbocycles. The minimum atomic E-state index is -0.271. The van der Waals surface area contributed by atoms with Gasteiger partial charge in [0.05, 0.1) is 7.11 Å². The van der Waals surface area contributed by atoms with E-state index in [9.17, 15) is 4.79 Å². The Hall–Kier alpha value is -1.97. The van der Waals surface area contributed by atoms with E-state index in [0.29, 0.717) is 17.9 Å². The molecule has 0 saturated heterocycles. The van der Waals surface area contributed by atoms with Crippen LogP contribution in [-0.4, -0.2) is 25.6 Å². The fourth-order valence-corrected chi connectivity index (χ4v) is 1.48. The van der Waals surface area contributed by atoms with Gasteiger partial charge in [-0.15, -0.1) is 0 Å². The van der Waals surface area contributed by atoms with Crippen LogP contribution in [0.25, 0.3) is 0 Å². The molecule has 0 aliphatic carbocycles. The first-order chi connectivity index (χ1) is 9.06. The van der Waals surface area contributed by atoms with Crippen molar-refractivity contribution in [3.8, 4) is 11.5 Å².